The van der Waals surface area contributed by atoms with Crippen LogP contribution >= 0.6 is 0 Å². The van der Waals surface area contributed by atoms with Crippen LogP contribution in [0.3, 0.4) is 0 Å². The summed E-state index contributed by atoms with van der Waals surface area (Å²) in [5.41, 5.74) is 4.61. The van der Waals surface area contributed by atoms with Crippen LogP contribution in [0.25, 0.3) is 0 Å². The summed E-state index contributed by atoms with van der Waals surface area (Å²) in [6.07, 6.45) is 0.991. The Morgan fingerprint density at radius 3 is 2.72 bits per heavy atom. The number of rotatable bonds is 7. The molecule has 0 saturated carbocycles. The number of oxime groups is 1. The van der Waals surface area contributed by atoms with E-state index in [0.29, 0.717) is 0 Å². The van der Waals surface area contributed by atoms with Gasteiger partial charge in [0.05, 0.1) is 12.8 Å². The predicted molar refractivity (Wildman–Crippen MR) is 100 cm³/mol. The van der Waals surface area contributed by atoms with Gasteiger partial charge in [0.25, 0.3) is 0 Å². The van der Waals surface area contributed by atoms with E-state index in [-0.39, 0.29) is 6.10 Å². The number of nitrogens with zero attached hydrogens (tertiary/aromatic N) is 2. The second-order valence-electron chi connectivity index (χ2n) is 6.49. The zero-order valence-corrected chi connectivity index (χ0v) is 15.1. The van der Waals surface area contributed by atoms with Gasteiger partial charge in [-0.15, -0.1) is 0 Å². The lowest BCUT2D eigenvalue weighted by molar-refractivity contribution is -0.676. The summed E-state index contributed by atoms with van der Waals surface area (Å²) in [4.78, 5) is 7.69. The molecule has 0 aromatic heterocycles. The zero-order valence-electron chi connectivity index (χ0n) is 15.1. The second kappa shape index (κ2) is 8.03. The van der Waals surface area contributed by atoms with Gasteiger partial charge in [-0.05, 0) is 29.8 Å². The average Bonchev–Trinajstić information content (AvgIpc) is 3.11. The fourth-order valence-corrected chi connectivity index (χ4v) is 2.91. The quantitative estimate of drug-likeness (QED) is 0.839. The molecule has 2 N–H and O–H groups in total. The van der Waals surface area contributed by atoms with Crippen LogP contribution in [0.15, 0.2) is 53.7 Å². The molecule has 0 spiro atoms. The average molecular weight is 340 g/mol. The van der Waals surface area contributed by atoms with Gasteiger partial charge in [-0.3, -0.25) is 0 Å². The molecule has 25 heavy (non-hydrogen) atoms. The Bertz CT molecular complexity index is 726. The van der Waals surface area contributed by atoms with Gasteiger partial charge in [-0.25, -0.2) is 0 Å². The molecule has 0 unspecified atom stereocenters. The van der Waals surface area contributed by atoms with Gasteiger partial charge in [0, 0.05) is 31.8 Å². The first-order valence-corrected chi connectivity index (χ1v) is 8.61. The largest absolute Gasteiger partial charge is 0.497 e. The minimum atomic E-state index is 0.133. The molecular formula is C20H26N3O2+. The lowest BCUT2D eigenvalue weighted by atomic mass is 10.0. The summed E-state index contributed by atoms with van der Waals surface area (Å²) in [6, 6.07) is 16.6. The SMILES string of the molecule is COc1cccc(C[NH2+]C[C@H]2CC(c3ccc(N(C)C)cc3)=NO2)c1. The van der Waals surface area contributed by atoms with Crippen molar-refractivity contribution < 1.29 is 14.9 Å². The summed E-state index contributed by atoms with van der Waals surface area (Å²) >= 11 is 0. The molecule has 3 rings (SSSR count). The number of hydrogen-bond acceptors (Lipinski definition) is 4. The van der Waals surface area contributed by atoms with E-state index < -0.39 is 0 Å². The van der Waals surface area contributed by atoms with Crippen LogP contribution in [0.1, 0.15) is 17.5 Å². The van der Waals surface area contributed by atoms with E-state index in [0.717, 1.165) is 36.5 Å². The van der Waals surface area contributed by atoms with Gasteiger partial charge in [0.15, 0.2) is 6.10 Å². The van der Waals surface area contributed by atoms with Crippen molar-refractivity contribution in [1.82, 2.24) is 0 Å². The first kappa shape index (κ1) is 17.3. The maximum atomic E-state index is 5.60. The molecule has 0 amide bonds. The molecule has 1 aliphatic heterocycles. The van der Waals surface area contributed by atoms with Crippen molar-refractivity contribution in [2.75, 3.05) is 32.6 Å². The van der Waals surface area contributed by atoms with Crippen molar-refractivity contribution in [1.29, 1.82) is 0 Å². The highest BCUT2D eigenvalue weighted by atomic mass is 16.6. The fourth-order valence-electron chi connectivity index (χ4n) is 2.91. The second-order valence-corrected chi connectivity index (χ2v) is 6.49. The van der Waals surface area contributed by atoms with Crippen LogP contribution in [-0.4, -0.2) is 39.6 Å². The molecule has 0 bridgehead atoms. The van der Waals surface area contributed by atoms with Crippen LogP contribution in [-0.2, 0) is 11.4 Å². The number of methoxy groups -OCH3 is 1. The molecule has 5 nitrogen and oxygen atoms in total. The smallest absolute Gasteiger partial charge is 0.181 e. The van der Waals surface area contributed by atoms with Gasteiger partial charge in [-0.1, -0.05) is 29.4 Å². The number of benzene rings is 2. The van der Waals surface area contributed by atoms with E-state index in [4.69, 9.17) is 9.57 Å². The number of nitrogens with two attached hydrogens (primary N) is 1. The minimum absolute atomic E-state index is 0.133. The van der Waals surface area contributed by atoms with Gasteiger partial charge in [0.1, 0.15) is 18.8 Å². The molecular weight excluding hydrogens is 314 g/mol. The molecule has 0 radical (unpaired) electrons. The number of hydrogen-bond donors (Lipinski definition) is 1. The number of quaternary nitrogens is 1. The number of anilines is 1. The van der Waals surface area contributed by atoms with Crippen molar-refractivity contribution in [3.05, 3.63) is 59.7 Å². The van der Waals surface area contributed by atoms with E-state index >= 15 is 0 Å². The van der Waals surface area contributed by atoms with E-state index in [9.17, 15) is 0 Å². The Hall–Kier alpha value is -2.53. The molecule has 0 aliphatic carbocycles. The summed E-state index contributed by atoms with van der Waals surface area (Å²) in [7, 11) is 5.78. The lowest BCUT2D eigenvalue weighted by Crippen LogP contribution is -2.84. The maximum Gasteiger partial charge on any atom is 0.181 e. The third-order valence-electron chi connectivity index (χ3n) is 4.39. The van der Waals surface area contributed by atoms with Crippen LogP contribution < -0.4 is 15.0 Å². The molecule has 1 heterocycles. The third-order valence-corrected chi connectivity index (χ3v) is 4.39. The van der Waals surface area contributed by atoms with Crippen molar-refractivity contribution >= 4 is 11.4 Å². The van der Waals surface area contributed by atoms with Crippen LogP contribution in [0.5, 0.6) is 5.75 Å². The van der Waals surface area contributed by atoms with Crippen molar-refractivity contribution in [2.24, 2.45) is 5.16 Å². The Kier molecular flexibility index (Phi) is 5.56. The Balaban J connectivity index is 1.47. The fraction of sp³-hybridized carbons (Fsp3) is 0.350. The van der Waals surface area contributed by atoms with Crippen LogP contribution in [0.4, 0.5) is 5.69 Å². The van der Waals surface area contributed by atoms with Crippen LogP contribution in [0, 0.1) is 0 Å². The first-order valence-electron chi connectivity index (χ1n) is 8.61. The summed E-state index contributed by atoms with van der Waals surface area (Å²) in [5.74, 6) is 0.898. The van der Waals surface area contributed by atoms with E-state index in [1.165, 1.54) is 11.3 Å². The van der Waals surface area contributed by atoms with E-state index in [2.05, 4.69) is 51.8 Å². The summed E-state index contributed by atoms with van der Waals surface area (Å²) < 4.78 is 5.26. The van der Waals surface area contributed by atoms with E-state index in [1.54, 1.807) is 7.11 Å². The predicted octanol–water partition coefficient (Wildman–Crippen LogP) is 2.02. The van der Waals surface area contributed by atoms with Gasteiger partial charge >= 0.3 is 0 Å². The Labute approximate surface area is 149 Å². The Morgan fingerprint density at radius 1 is 1.20 bits per heavy atom. The number of ether oxygens (including phenoxy) is 1. The van der Waals surface area contributed by atoms with Crippen molar-refractivity contribution in [2.45, 2.75) is 19.1 Å². The lowest BCUT2D eigenvalue weighted by Gasteiger charge is -2.12. The maximum absolute atomic E-state index is 5.60. The normalized spacial score (nSPS) is 16.3. The highest BCUT2D eigenvalue weighted by molar-refractivity contribution is 6.01. The van der Waals surface area contributed by atoms with Crippen molar-refractivity contribution in [3.8, 4) is 5.75 Å². The van der Waals surface area contributed by atoms with Gasteiger partial charge in [-0.2, -0.15) is 0 Å². The molecule has 1 aliphatic rings. The standard InChI is InChI=1S/C20H25N3O2/c1-23(2)17-9-7-16(8-10-17)20-12-19(25-22-20)14-21-13-15-5-4-6-18(11-15)24-3/h4-11,19,21H,12-14H2,1-3H3/p+1/t19-/m1/s1. The molecule has 1 atom stereocenters. The van der Waals surface area contributed by atoms with Gasteiger partial charge in [0.2, 0.25) is 0 Å². The zero-order chi connectivity index (χ0) is 17.6. The summed E-state index contributed by atoms with van der Waals surface area (Å²) in [5, 5.41) is 6.53. The first-order chi connectivity index (χ1) is 12.2. The molecule has 2 aromatic carbocycles. The summed E-state index contributed by atoms with van der Waals surface area (Å²) in [6.45, 7) is 1.80. The minimum Gasteiger partial charge on any atom is -0.497 e. The molecule has 2 aromatic rings. The van der Waals surface area contributed by atoms with Gasteiger partial charge < -0.3 is 19.8 Å². The highest BCUT2D eigenvalue weighted by Gasteiger charge is 2.23. The van der Waals surface area contributed by atoms with Crippen LogP contribution in [0.2, 0.25) is 0 Å². The molecule has 5 heteroatoms. The molecule has 0 fully saturated rings. The third kappa shape index (κ3) is 4.51. The topological polar surface area (TPSA) is 50.7 Å². The van der Waals surface area contributed by atoms with E-state index in [1.807, 2.05) is 26.2 Å². The van der Waals surface area contributed by atoms with Crippen molar-refractivity contribution in [3.63, 3.8) is 0 Å². The molecule has 132 valence electrons. The monoisotopic (exact) mass is 340 g/mol. The molecule has 0 saturated heterocycles. The Morgan fingerprint density at radius 2 is 2.00 bits per heavy atom. The highest BCUT2D eigenvalue weighted by Crippen LogP contribution is 2.19.